The summed E-state index contributed by atoms with van der Waals surface area (Å²) in [4.78, 5) is 11.4. The van der Waals surface area contributed by atoms with Gasteiger partial charge >= 0.3 is 12.1 Å². The maximum absolute atomic E-state index is 12.0. The summed E-state index contributed by atoms with van der Waals surface area (Å²) >= 11 is 0. The molecule has 0 saturated heterocycles. The third-order valence-corrected chi connectivity index (χ3v) is 2.08. The number of nitrogens with two attached hydrogens (primary N) is 1. The minimum Gasteiger partial charge on any atom is -0.490 e. The molecule has 100 valence electrons. The predicted octanol–water partition coefficient (Wildman–Crippen LogP) is 2.39. The van der Waals surface area contributed by atoms with E-state index in [9.17, 15) is 18.0 Å². The van der Waals surface area contributed by atoms with Crippen molar-refractivity contribution in [3.05, 3.63) is 23.8 Å². The Morgan fingerprint density at radius 3 is 2.61 bits per heavy atom. The van der Waals surface area contributed by atoms with Crippen molar-refractivity contribution in [1.29, 1.82) is 0 Å². The molecule has 0 aromatic heterocycles. The van der Waals surface area contributed by atoms with E-state index in [2.05, 4.69) is 4.74 Å². The number of rotatable bonds is 4. The second kappa shape index (κ2) is 5.61. The van der Waals surface area contributed by atoms with Crippen LogP contribution in [0.4, 0.5) is 18.9 Å². The summed E-state index contributed by atoms with van der Waals surface area (Å²) < 4.78 is 45.3. The van der Waals surface area contributed by atoms with Gasteiger partial charge in [0.15, 0.2) is 5.75 Å². The highest BCUT2D eigenvalue weighted by Crippen LogP contribution is 2.28. The van der Waals surface area contributed by atoms with Crippen molar-refractivity contribution >= 4 is 11.7 Å². The summed E-state index contributed by atoms with van der Waals surface area (Å²) in [5.74, 6) is -0.807. The Labute approximate surface area is 101 Å². The SMILES string of the molecule is COC(=O)c1cccc(N)c1OCCC(F)(F)F. The maximum Gasteiger partial charge on any atom is 0.392 e. The number of anilines is 1. The lowest BCUT2D eigenvalue weighted by atomic mass is 10.1. The third-order valence-electron chi connectivity index (χ3n) is 2.08. The van der Waals surface area contributed by atoms with Crippen molar-refractivity contribution in [2.24, 2.45) is 0 Å². The zero-order valence-electron chi connectivity index (χ0n) is 9.58. The van der Waals surface area contributed by atoms with Crippen LogP contribution < -0.4 is 10.5 Å². The van der Waals surface area contributed by atoms with Gasteiger partial charge in [-0.15, -0.1) is 0 Å². The fourth-order valence-electron chi connectivity index (χ4n) is 1.26. The summed E-state index contributed by atoms with van der Waals surface area (Å²) in [7, 11) is 1.16. The molecule has 2 N–H and O–H groups in total. The number of carbonyl (C=O) groups is 1. The fourth-order valence-corrected chi connectivity index (χ4v) is 1.26. The van der Waals surface area contributed by atoms with Crippen LogP contribution >= 0.6 is 0 Å². The number of ether oxygens (including phenoxy) is 2. The molecule has 1 rings (SSSR count). The molecule has 1 aromatic carbocycles. The van der Waals surface area contributed by atoms with Crippen LogP contribution in [0.25, 0.3) is 0 Å². The van der Waals surface area contributed by atoms with Crippen LogP contribution in [0.2, 0.25) is 0 Å². The van der Waals surface area contributed by atoms with Crippen LogP contribution in [-0.2, 0) is 4.74 Å². The average molecular weight is 263 g/mol. The van der Waals surface area contributed by atoms with E-state index < -0.39 is 25.2 Å². The van der Waals surface area contributed by atoms with Crippen molar-refractivity contribution < 1.29 is 27.4 Å². The monoisotopic (exact) mass is 263 g/mol. The number of benzene rings is 1. The third kappa shape index (κ3) is 3.83. The number of carbonyl (C=O) groups excluding carboxylic acids is 1. The molecule has 0 atom stereocenters. The number of alkyl halides is 3. The summed E-state index contributed by atoms with van der Waals surface area (Å²) in [6.07, 6.45) is -5.45. The van der Waals surface area contributed by atoms with E-state index in [1.165, 1.54) is 18.2 Å². The smallest absolute Gasteiger partial charge is 0.392 e. The fraction of sp³-hybridized carbons (Fsp3) is 0.364. The van der Waals surface area contributed by atoms with E-state index >= 15 is 0 Å². The number of halogens is 3. The van der Waals surface area contributed by atoms with Crippen molar-refractivity contribution in [3.8, 4) is 5.75 Å². The van der Waals surface area contributed by atoms with Gasteiger partial charge < -0.3 is 15.2 Å². The van der Waals surface area contributed by atoms with E-state index in [4.69, 9.17) is 10.5 Å². The van der Waals surface area contributed by atoms with Gasteiger partial charge in [-0.2, -0.15) is 13.2 Å². The van der Waals surface area contributed by atoms with Gasteiger partial charge in [0.25, 0.3) is 0 Å². The molecule has 0 spiro atoms. The molecule has 0 bridgehead atoms. The highest BCUT2D eigenvalue weighted by atomic mass is 19.4. The second-order valence-electron chi connectivity index (χ2n) is 3.43. The highest BCUT2D eigenvalue weighted by molar-refractivity contribution is 5.94. The highest BCUT2D eigenvalue weighted by Gasteiger charge is 2.27. The molecular formula is C11H12F3NO3. The van der Waals surface area contributed by atoms with Gasteiger partial charge in [0.2, 0.25) is 0 Å². The number of hydrogen-bond acceptors (Lipinski definition) is 4. The topological polar surface area (TPSA) is 61.5 Å². The average Bonchev–Trinajstić information content (AvgIpc) is 2.28. The lowest BCUT2D eigenvalue weighted by molar-refractivity contribution is -0.139. The first-order chi connectivity index (χ1) is 8.35. The summed E-state index contributed by atoms with van der Waals surface area (Å²) in [6, 6.07) is 4.28. The number of nitrogen functional groups attached to an aromatic ring is 1. The number of esters is 1. The second-order valence-corrected chi connectivity index (χ2v) is 3.43. The Morgan fingerprint density at radius 1 is 1.39 bits per heavy atom. The first kappa shape index (κ1) is 14.1. The molecule has 0 amide bonds. The molecule has 1 aromatic rings. The molecule has 0 heterocycles. The van der Waals surface area contributed by atoms with Gasteiger partial charge in [-0.25, -0.2) is 4.79 Å². The standard InChI is InChI=1S/C11H12F3NO3/c1-17-10(16)7-3-2-4-8(15)9(7)18-6-5-11(12,13)14/h2-4H,5-6,15H2,1H3. The van der Waals surface area contributed by atoms with Crippen molar-refractivity contribution in [2.45, 2.75) is 12.6 Å². The first-order valence-corrected chi connectivity index (χ1v) is 5.01. The van der Waals surface area contributed by atoms with Gasteiger partial charge in [-0.3, -0.25) is 0 Å². The number of methoxy groups -OCH3 is 1. The zero-order chi connectivity index (χ0) is 13.8. The molecule has 7 heteroatoms. The van der Waals surface area contributed by atoms with Gasteiger partial charge in [-0.1, -0.05) is 6.07 Å². The predicted molar refractivity (Wildman–Crippen MR) is 58.4 cm³/mol. The molecule has 4 nitrogen and oxygen atoms in total. The zero-order valence-corrected chi connectivity index (χ0v) is 9.58. The first-order valence-electron chi connectivity index (χ1n) is 5.01. The molecule has 0 aliphatic carbocycles. The normalized spacial score (nSPS) is 11.1. The maximum atomic E-state index is 12.0. The van der Waals surface area contributed by atoms with Crippen LogP contribution in [0.15, 0.2) is 18.2 Å². The van der Waals surface area contributed by atoms with Crippen LogP contribution in [-0.4, -0.2) is 25.9 Å². The molecule has 0 aliphatic heterocycles. The Bertz CT molecular complexity index is 432. The van der Waals surface area contributed by atoms with E-state index in [0.717, 1.165) is 7.11 Å². The Morgan fingerprint density at radius 2 is 2.06 bits per heavy atom. The molecule has 0 fully saturated rings. The summed E-state index contributed by atoms with van der Waals surface area (Å²) in [6.45, 7) is -0.609. The Kier molecular flexibility index (Phi) is 4.41. The van der Waals surface area contributed by atoms with Gasteiger partial charge in [-0.05, 0) is 12.1 Å². The number of hydrogen-bond donors (Lipinski definition) is 1. The molecule has 0 saturated carbocycles. The molecule has 0 aliphatic rings. The van der Waals surface area contributed by atoms with E-state index in [0.29, 0.717) is 0 Å². The summed E-state index contributed by atoms with van der Waals surface area (Å²) in [5.41, 5.74) is 5.63. The molecule has 0 unspecified atom stereocenters. The minimum absolute atomic E-state index is 0.000301. The van der Waals surface area contributed by atoms with Crippen molar-refractivity contribution in [2.75, 3.05) is 19.5 Å². The quantitative estimate of drug-likeness (QED) is 0.669. The van der Waals surface area contributed by atoms with Gasteiger partial charge in [0, 0.05) is 0 Å². The molecular weight excluding hydrogens is 251 g/mol. The van der Waals surface area contributed by atoms with Gasteiger partial charge in [0.05, 0.1) is 25.8 Å². The van der Waals surface area contributed by atoms with Crippen LogP contribution in [0.3, 0.4) is 0 Å². The minimum atomic E-state index is -4.32. The Balaban J connectivity index is 2.83. The summed E-state index contributed by atoms with van der Waals surface area (Å²) in [5, 5.41) is 0. The van der Waals surface area contributed by atoms with Crippen LogP contribution in [0.1, 0.15) is 16.8 Å². The van der Waals surface area contributed by atoms with Crippen molar-refractivity contribution in [1.82, 2.24) is 0 Å². The van der Waals surface area contributed by atoms with E-state index in [1.807, 2.05) is 0 Å². The lowest BCUT2D eigenvalue weighted by Gasteiger charge is -2.13. The van der Waals surface area contributed by atoms with E-state index in [-0.39, 0.29) is 17.0 Å². The lowest BCUT2D eigenvalue weighted by Crippen LogP contribution is -2.15. The number of para-hydroxylation sites is 1. The molecule has 0 radical (unpaired) electrons. The largest absolute Gasteiger partial charge is 0.490 e. The van der Waals surface area contributed by atoms with Crippen LogP contribution in [0, 0.1) is 0 Å². The Hall–Kier alpha value is -1.92. The van der Waals surface area contributed by atoms with Crippen LogP contribution in [0.5, 0.6) is 5.75 Å². The molecule has 18 heavy (non-hydrogen) atoms. The van der Waals surface area contributed by atoms with Gasteiger partial charge in [0.1, 0.15) is 5.56 Å². The van der Waals surface area contributed by atoms with E-state index in [1.54, 1.807) is 0 Å². The van der Waals surface area contributed by atoms with Crippen molar-refractivity contribution in [3.63, 3.8) is 0 Å².